The fourth-order valence-electron chi connectivity index (χ4n) is 3.48. The molecule has 28 heavy (non-hydrogen) atoms. The summed E-state index contributed by atoms with van der Waals surface area (Å²) in [6.07, 6.45) is 3.36. The van der Waals surface area contributed by atoms with Gasteiger partial charge in [-0.2, -0.15) is 0 Å². The summed E-state index contributed by atoms with van der Waals surface area (Å²) in [5.74, 6) is -0.117. The van der Waals surface area contributed by atoms with E-state index in [1.807, 2.05) is 10.3 Å². The van der Waals surface area contributed by atoms with Crippen LogP contribution in [0.15, 0.2) is 50.5 Å². The number of methoxy groups -OCH3 is 1. The average molecular weight is 466 g/mol. The molecule has 4 rings (SSSR count). The second-order valence-electron chi connectivity index (χ2n) is 6.31. The van der Waals surface area contributed by atoms with E-state index in [4.69, 9.17) is 14.5 Å². The molecule has 0 N–H and O–H groups in total. The van der Waals surface area contributed by atoms with Crippen molar-refractivity contribution in [3.63, 3.8) is 0 Å². The van der Waals surface area contributed by atoms with Crippen molar-refractivity contribution in [1.29, 1.82) is 0 Å². The topological polar surface area (TPSA) is 64.0 Å². The van der Waals surface area contributed by atoms with Gasteiger partial charge in [-0.3, -0.25) is 4.99 Å². The number of hydrogen-bond donors (Lipinski definition) is 0. The van der Waals surface area contributed by atoms with Gasteiger partial charge in [-0.15, -0.1) is 11.3 Å². The normalized spacial score (nSPS) is 18.9. The van der Waals surface area contributed by atoms with Gasteiger partial charge in [0, 0.05) is 35.4 Å². The number of nitrogens with zero attached hydrogens (tertiary/aromatic N) is 3. The van der Waals surface area contributed by atoms with E-state index in [1.54, 1.807) is 12.3 Å². The van der Waals surface area contributed by atoms with E-state index in [2.05, 4.69) is 20.9 Å². The second kappa shape index (κ2) is 8.10. The first-order valence-corrected chi connectivity index (χ1v) is 10.4. The average Bonchev–Trinajstić information content (AvgIpc) is 3.37. The zero-order valence-corrected chi connectivity index (χ0v) is 17.4. The summed E-state index contributed by atoms with van der Waals surface area (Å²) in [5.41, 5.74) is 2.03. The molecule has 0 saturated carbocycles. The van der Waals surface area contributed by atoms with Crippen LogP contribution in [0.5, 0.6) is 0 Å². The number of rotatable bonds is 5. The van der Waals surface area contributed by atoms with Crippen LogP contribution in [0.1, 0.15) is 29.5 Å². The molecule has 1 atom stereocenters. The molecule has 1 unspecified atom stereocenters. The van der Waals surface area contributed by atoms with Gasteiger partial charge in [0.15, 0.2) is 17.6 Å². The van der Waals surface area contributed by atoms with E-state index in [-0.39, 0.29) is 12.6 Å². The van der Waals surface area contributed by atoms with Crippen molar-refractivity contribution in [1.82, 2.24) is 9.88 Å². The maximum atomic E-state index is 13.6. The first kappa shape index (κ1) is 19.2. The molecule has 1 saturated heterocycles. The Balaban J connectivity index is 1.86. The Morgan fingerprint density at radius 2 is 2.32 bits per heavy atom. The highest BCUT2D eigenvalue weighted by Gasteiger charge is 2.39. The number of hydrogen-bond acceptors (Lipinski definition) is 7. The number of halogens is 2. The number of benzene rings is 1. The fraction of sp³-hybridized carbons (Fsp3) is 0.316. The monoisotopic (exact) mass is 465 g/mol. The SMILES string of the molecule is COCOC(=O)C1=C2CCCN2C(c2nccs2)=NC1c1ccc(F)cc1Br. The van der Waals surface area contributed by atoms with E-state index in [0.717, 1.165) is 35.9 Å². The van der Waals surface area contributed by atoms with Gasteiger partial charge in [0.1, 0.15) is 11.9 Å². The number of aromatic nitrogens is 1. The maximum absolute atomic E-state index is 13.6. The predicted octanol–water partition coefficient (Wildman–Crippen LogP) is 4.04. The van der Waals surface area contributed by atoms with Crippen LogP contribution in [0, 0.1) is 5.82 Å². The minimum absolute atomic E-state index is 0.143. The summed E-state index contributed by atoms with van der Waals surface area (Å²) in [6, 6.07) is 3.75. The third-order valence-electron chi connectivity index (χ3n) is 4.62. The Hall–Kier alpha value is -2.10. The van der Waals surface area contributed by atoms with Gasteiger partial charge in [0.2, 0.25) is 0 Å². The van der Waals surface area contributed by atoms with Crippen molar-refractivity contribution >= 4 is 39.1 Å². The van der Waals surface area contributed by atoms with E-state index in [1.165, 1.54) is 30.6 Å². The zero-order valence-electron chi connectivity index (χ0n) is 15.0. The number of esters is 1. The lowest BCUT2D eigenvalue weighted by Gasteiger charge is -2.31. The Bertz CT molecular complexity index is 961. The second-order valence-corrected chi connectivity index (χ2v) is 8.06. The van der Waals surface area contributed by atoms with Gasteiger partial charge in [0.05, 0.1) is 5.57 Å². The number of allylic oxidation sites excluding steroid dienone is 1. The molecular weight excluding hydrogens is 449 g/mol. The minimum atomic E-state index is -0.623. The van der Waals surface area contributed by atoms with Crippen LogP contribution < -0.4 is 0 Å². The Morgan fingerprint density at radius 3 is 3.04 bits per heavy atom. The lowest BCUT2D eigenvalue weighted by Crippen LogP contribution is -2.35. The molecule has 6 nitrogen and oxygen atoms in total. The fourth-order valence-corrected chi connectivity index (χ4v) is 4.68. The highest BCUT2D eigenvalue weighted by atomic mass is 79.9. The van der Waals surface area contributed by atoms with Crippen molar-refractivity contribution in [2.75, 3.05) is 20.4 Å². The number of aliphatic imine (C=N–C) groups is 1. The van der Waals surface area contributed by atoms with E-state index in [0.29, 0.717) is 15.6 Å². The van der Waals surface area contributed by atoms with E-state index < -0.39 is 12.0 Å². The summed E-state index contributed by atoms with van der Waals surface area (Å²) < 4.78 is 24.4. The summed E-state index contributed by atoms with van der Waals surface area (Å²) in [6.45, 7) is 0.613. The molecule has 0 amide bonds. The van der Waals surface area contributed by atoms with Crippen LogP contribution in [-0.2, 0) is 14.3 Å². The van der Waals surface area contributed by atoms with Crippen LogP contribution in [0.25, 0.3) is 0 Å². The first-order valence-electron chi connectivity index (χ1n) is 8.69. The number of ether oxygens (including phenoxy) is 2. The van der Waals surface area contributed by atoms with Crippen molar-refractivity contribution in [2.45, 2.75) is 18.9 Å². The molecule has 1 fully saturated rings. The van der Waals surface area contributed by atoms with Crippen LogP contribution in [0.4, 0.5) is 4.39 Å². The highest BCUT2D eigenvalue weighted by molar-refractivity contribution is 9.10. The van der Waals surface area contributed by atoms with Crippen LogP contribution in [-0.4, -0.2) is 42.1 Å². The van der Waals surface area contributed by atoms with Gasteiger partial charge >= 0.3 is 5.97 Å². The van der Waals surface area contributed by atoms with Crippen molar-refractivity contribution in [3.05, 3.63) is 61.9 Å². The standard InChI is InChI=1S/C19H17BrFN3O3S/c1-26-10-27-19(25)15-14-3-2-7-24(14)17(18-22-6-8-28-18)23-16(15)12-5-4-11(21)9-13(12)20/h4-6,8-9,16H,2-3,7,10H2,1H3. The molecule has 146 valence electrons. The van der Waals surface area contributed by atoms with Crippen LogP contribution in [0.2, 0.25) is 0 Å². The van der Waals surface area contributed by atoms with Crippen molar-refractivity contribution < 1.29 is 18.7 Å². The molecule has 1 aromatic carbocycles. The molecule has 0 radical (unpaired) electrons. The van der Waals surface area contributed by atoms with Gasteiger partial charge in [-0.1, -0.05) is 22.0 Å². The first-order chi connectivity index (χ1) is 13.6. The number of amidine groups is 1. The van der Waals surface area contributed by atoms with E-state index >= 15 is 0 Å². The van der Waals surface area contributed by atoms with Crippen LogP contribution >= 0.6 is 27.3 Å². The minimum Gasteiger partial charge on any atom is -0.435 e. The number of fused-ring (bicyclic) bond motifs is 1. The summed E-state index contributed by atoms with van der Waals surface area (Å²) in [4.78, 5) is 24.2. The lowest BCUT2D eigenvalue weighted by atomic mass is 9.95. The summed E-state index contributed by atoms with van der Waals surface area (Å²) in [5, 5.41) is 2.68. The van der Waals surface area contributed by atoms with Gasteiger partial charge in [0.25, 0.3) is 0 Å². The highest BCUT2D eigenvalue weighted by Crippen LogP contribution is 2.42. The molecule has 0 aliphatic carbocycles. The molecule has 2 aliphatic heterocycles. The maximum Gasteiger partial charge on any atom is 0.340 e. The predicted molar refractivity (Wildman–Crippen MR) is 106 cm³/mol. The van der Waals surface area contributed by atoms with Gasteiger partial charge in [-0.05, 0) is 30.5 Å². The molecule has 0 bridgehead atoms. The summed E-state index contributed by atoms with van der Waals surface area (Å²) >= 11 is 4.91. The number of carbonyl (C=O) groups excluding carboxylic acids is 1. The lowest BCUT2D eigenvalue weighted by molar-refractivity contribution is -0.149. The summed E-state index contributed by atoms with van der Waals surface area (Å²) in [7, 11) is 1.46. The van der Waals surface area contributed by atoms with Gasteiger partial charge < -0.3 is 14.4 Å². The molecule has 0 spiro atoms. The van der Waals surface area contributed by atoms with Gasteiger partial charge in [-0.25, -0.2) is 14.2 Å². The van der Waals surface area contributed by atoms with E-state index in [9.17, 15) is 9.18 Å². The molecule has 9 heteroatoms. The smallest absolute Gasteiger partial charge is 0.340 e. The molecule has 2 aromatic rings. The largest absolute Gasteiger partial charge is 0.435 e. The molecule has 1 aromatic heterocycles. The zero-order chi connectivity index (χ0) is 19.7. The van der Waals surface area contributed by atoms with Crippen molar-refractivity contribution in [2.24, 2.45) is 4.99 Å². The van der Waals surface area contributed by atoms with Crippen molar-refractivity contribution in [3.8, 4) is 0 Å². The molecule has 2 aliphatic rings. The number of carbonyl (C=O) groups is 1. The third kappa shape index (κ3) is 3.49. The Kier molecular flexibility index (Phi) is 5.56. The molecular formula is C19H17BrFN3O3S. The Morgan fingerprint density at radius 1 is 1.46 bits per heavy atom. The molecule has 3 heterocycles. The third-order valence-corrected chi connectivity index (χ3v) is 6.08. The quantitative estimate of drug-likeness (QED) is 0.492. The Labute approximate surface area is 173 Å². The number of thiazole rings is 1. The van der Waals surface area contributed by atoms with Crippen LogP contribution in [0.3, 0.4) is 0 Å².